The standard InChI is InChI=1S/C15H20ClNO4/c1-10-8-17(9-14(7-16)21-10)15(18)11-4-12(19-2)6-13(5-11)20-3/h4-6,10,14H,7-9H2,1-3H3. The molecule has 6 heteroatoms. The molecule has 1 saturated heterocycles. The lowest BCUT2D eigenvalue weighted by Crippen LogP contribution is -2.49. The van der Waals surface area contributed by atoms with Gasteiger partial charge in [-0.05, 0) is 19.1 Å². The number of methoxy groups -OCH3 is 2. The van der Waals surface area contributed by atoms with Crippen molar-refractivity contribution in [1.29, 1.82) is 0 Å². The molecule has 1 aromatic carbocycles. The Morgan fingerprint density at radius 2 is 1.90 bits per heavy atom. The molecule has 1 aromatic rings. The number of amides is 1. The Morgan fingerprint density at radius 3 is 2.43 bits per heavy atom. The molecule has 1 fully saturated rings. The molecule has 0 radical (unpaired) electrons. The molecule has 21 heavy (non-hydrogen) atoms. The number of halogens is 1. The summed E-state index contributed by atoms with van der Waals surface area (Å²) in [6.07, 6.45) is -0.161. The lowest BCUT2D eigenvalue weighted by molar-refractivity contribution is -0.0570. The zero-order chi connectivity index (χ0) is 15.4. The van der Waals surface area contributed by atoms with E-state index in [4.69, 9.17) is 25.8 Å². The first kappa shape index (κ1) is 15.9. The predicted molar refractivity (Wildman–Crippen MR) is 80.5 cm³/mol. The zero-order valence-electron chi connectivity index (χ0n) is 12.5. The molecule has 5 nitrogen and oxygen atoms in total. The van der Waals surface area contributed by atoms with Gasteiger partial charge in [0.15, 0.2) is 0 Å². The van der Waals surface area contributed by atoms with Gasteiger partial charge in [-0.3, -0.25) is 4.79 Å². The van der Waals surface area contributed by atoms with E-state index in [1.807, 2.05) is 6.92 Å². The second-order valence-corrected chi connectivity index (χ2v) is 5.34. The first-order chi connectivity index (χ1) is 10.1. The van der Waals surface area contributed by atoms with E-state index in [1.165, 1.54) is 0 Å². The monoisotopic (exact) mass is 313 g/mol. The maximum Gasteiger partial charge on any atom is 0.254 e. The number of hydrogen-bond acceptors (Lipinski definition) is 4. The highest BCUT2D eigenvalue weighted by Gasteiger charge is 2.28. The van der Waals surface area contributed by atoms with Crippen LogP contribution in [0.4, 0.5) is 0 Å². The van der Waals surface area contributed by atoms with Crippen LogP contribution in [0.25, 0.3) is 0 Å². The molecule has 2 rings (SSSR count). The van der Waals surface area contributed by atoms with Crippen LogP contribution in [0.5, 0.6) is 11.5 Å². The molecule has 0 bridgehead atoms. The smallest absolute Gasteiger partial charge is 0.254 e. The number of morpholine rings is 1. The van der Waals surface area contributed by atoms with E-state index >= 15 is 0 Å². The molecular weight excluding hydrogens is 294 g/mol. The minimum absolute atomic E-state index is 0.0287. The fourth-order valence-corrected chi connectivity index (χ4v) is 2.58. The van der Waals surface area contributed by atoms with Gasteiger partial charge in [0.05, 0.1) is 32.3 Å². The van der Waals surface area contributed by atoms with Crippen LogP contribution in [0.15, 0.2) is 18.2 Å². The fourth-order valence-electron chi connectivity index (χ4n) is 2.41. The van der Waals surface area contributed by atoms with Crippen molar-refractivity contribution in [3.8, 4) is 11.5 Å². The Bertz CT molecular complexity index is 486. The summed E-state index contributed by atoms with van der Waals surface area (Å²) in [4.78, 5) is 14.4. The molecule has 1 aliphatic heterocycles. The molecule has 116 valence electrons. The third-order valence-corrected chi connectivity index (χ3v) is 3.73. The summed E-state index contributed by atoms with van der Waals surface area (Å²) in [5.41, 5.74) is 0.536. The average Bonchev–Trinajstić information content (AvgIpc) is 2.52. The first-order valence-electron chi connectivity index (χ1n) is 6.81. The molecule has 0 saturated carbocycles. The van der Waals surface area contributed by atoms with E-state index in [2.05, 4.69) is 0 Å². The van der Waals surface area contributed by atoms with Crippen LogP contribution < -0.4 is 9.47 Å². The number of carbonyl (C=O) groups is 1. The highest BCUT2D eigenvalue weighted by atomic mass is 35.5. The van der Waals surface area contributed by atoms with E-state index in [-0.39, 0.29) is 18.1 Å². The van der Waals surface area contributed by atoms with Gasteiger partial charge in [-0.1, -0.05) is 0 Å². The zero-order valence-corrected chi connectivity index (χ0v) is 13.2. The molecule has 1 amide bonds. The van der Waals surface area contributed by atoms with E-state index in [0.717, 1.165) is 0 Å². The topological polar surface area (TPSA) is 48.0 Å². The summed E-state index contributed by atoms with van der Waals surface area (Å²) in [6.45, 7) is 2.98. The number of benzene rings is 1. The Balaban J connectivity index is 2.22. The second kappa shape index (κ2) is 7.00. The molecule has 0 spiro atoms. The number of alkyl halides is 1. The Hall–Kier alpha value is -1.46. The molecule has 2 unspecified atom stereocenters. The van der Waals surface area contributed by atoms with Crippen LogP contribution in [0.2, 0.25) is 0 Å². The molecule has 1 aliphatic rings. The van der Waals surface area contributed by atoms with Crippen LogP contribution in [-0.4, -0.2) is 56.2 Å². The van der Waals surface area contributed by atoms with Crippen molar-refractivity contribution in [3.63, 3.8) is 0 Å². The summed E-state index contributed by atoms with van der Waals surface area (Å²) in [7, 11) is 3.12. The normalized spacial score (nSPS) is 22.0. The van der Waals surface area contributed by atoms with Crippen molar-refractivity contribution in [2.45, 2.75) is 19.1 Å². The summed E-state index contributed by atoms with van der Waals surface area (Å²) < 4.78 is 16.1. The summed E-state index contributed by atoms with van der Waals surface area (Å²) in [5, 5.41) is 0. The lowest BCUT2D eigenvalue weighted by Gasteiger charge is -2.36. The molecule has 1 heterocycles. The van der Waals surface area contributed by atoms with Crippen molar-refractivity contribution < 1.29 is 19.0 Å². The number of rotatable bonds is 4. The van der Waals surface area contributed by atoms with Gasteiger partial charge in [0.2, 0.25) is 0 Å². The fraction of sp³-hybridized carbons (Fsp3) is 0.533. The molecule has 0 aliphatic carbocycles. The third kappa shape index (κ3) is 3.80. The third-order valence-electron chi connectivity index (χ3n) is 3.38. The quantitative estimate of drug-likeness (QED) is 0.799. The van der Waals surface area contributed by atoms with Gasteiger partial charge in [0.25, 0.3) is 5.91 Å². The minimum Gasteiger partial charge on any atom is -0.497 e. The Labute approximate surface area is 129 Å². The summed E-state index contributed by atoms with van der Waals surface area (Å²) >= 11 is 5.85. The largest absolute Gasteiger partial charge is 0.497 e. The average molecular weight is 314 g/mol. The van der Waals surface area contributed by atoms with Gasteiger partial charge in [-0.2, -0.15) is 0 Å². The molecule has 0 aromatic heterocycles. The van der Waals surface area contributed by atoms with Crippen LogP contribution >= 0.6 is 11.6 Å². The highest BCUT2D eigenvalue weighted by Crippen LogP contribution is 2.24. The van der Waals surface area contributed by atoms with Crippen molar-refractivity contribution in [2.75, 3.05) is 33.2 Å². The summed E-state index contributed by atoms with van der Waals surface area (Å²) in [5.74, 6) is 1.48. The number of hydrogen-bond donors (Lipinski definition) is 0. The van der Waals surface area contributed by atoms with E-state index < -0.39 is 0 Å². The molecular formula is C15H20ClNO4. The van der Waals surface area contributed by atoms with Gasteiger partial charge >= 0.3 is 0 Å². The van der Waals surface area contributed by atoms with Crippen LogP contribution in [0.3, 0.4) is 0 Å². The Kier molecular flexibility index (Phi) is 5.31. The minimum atomic E-state index is -0.133. The van der Waals surface area contributed by atoms with Crippen LogP contribution in [-0.2, 0) is 4.74 Å². The van der Waals surface area contributed by atoms with Gasteiger partial charge in [0, 0.05) is 24.7 Å². The number of ether oxygens (including phenoxy) is 3. The van der Waals surface area contributed by atoms with Gasteiger partial charge in [0.1, 0.15) is 11.5 Å². The van der Waals surface area contributed by atoms with Crippen LogP contribution in [0.1, 0.15) is 17.3 Å². The molecule has 0 N–H and O–H groups in total. The SMILES string of the molecule is COc1cc(OC)cc(C(=O)N2CC(C)OC(CCl)C2)c1. The van der Waals surface area contributed by atoms with E-state index in [1.54, 1.807) is 37.3 Å². The summed E-state index contributed by atoms with van der Waals surface area (Å²) in [6, 6.07) is 5.15. The van der Waals surface area contributed by atoms with Gasteiger partial charge in [-0.25, -0.2) is 0 Å². The molecule has 2 atom stereocenters. The van der Waals surface area contributed by atoms with Gasteiger partial charge in [-0.15, -0.1) is 11.6 Å². The maximum absolute atomic E-state index is 12.7. The van der Waals surface area contributed by atoms with Crippen molar-refractivity contribution in [1.82, 2.24) is 4.90 Å². The first-order valence-corrected chi connectivity index (χ1v) is 7.34. The van der Waals surface area contributed by atoms with Crippen LogP contribution in [0, 0.1) is 0 Å². The van der Waals surface area contributed by atoms with Crippen molar-refractivity contribution in [2.24, 2.45) is 0 Å². The lowest BCUT2D eigenvalue weighted by atomic mass is 10.1. The van der Waals surface area contributed by atoms with E-state index in [9.17, 15) is 4.79 Å². The van der Waals surface area contributed by atoms with E-state index in [0.29, 0.717) is 36.0 Å². The second-order valence-electron chi connectivity index (χ2n) is 5.03. The van der Waals surface area contributed by atoms with Gasteiger partial charge < -0.3 is 19.1 Å². The number of nitrogens with zero attached hydrogens (tertiary/aromatic N) is 1. The maximum atomic E-state index is 12.7. The highest BCUT2D eigenvalue weighted by molar-refractivity contribution is 6.18. The Morgan fingerprint density at radius 1 is 1.29 bits per heavy atom. The predicted octanol–water partition coefficient (Wildman–Crippen LogP) is 2.17. The van der Waals surface area contributed by atoms with Crippen molar-refractivity contribution >= 4 is 17.5 Å². The number of carbonyl (C=O) groups excluding carboxylic acids is 1. The van der Waals surface area contributed by atoms with Crippen molar-refractivity contribution in [3.05, 3.63) is 23.8 Å².